The van der Waals surface area contributed by atoms with Crippen molar-refractivity contribution in [1.29, 1.82) is 0 Å². The van der Waals surface area contributed by atoms with E-state index in [0.717, 1.165) is 0 Å². The molecule has 0 aliphatic rings. The minimum atomic E-state index is -0.796. The highest BCUT2D eigenvalue weighted by Gasteiger charge is 2.21. The molecule has 0 radical (unpaired) electrons. The second-order valence-electron chi connectivity index (χ2n) is 4.71. The molecule has 1 amide bonds. The van der Waals surface area contributed by atoms with Crippen LogP contribution in [-0.2, 0) is 0 Å². The smallest absolute Gasteiger partial charge is 0.290 e. The second kappa shape index (κ2) is 7.06. The molecule has 118 valence electrons. The Morgan fingerprint density at radius 1 is 1.26 bits per heavy atom. The molecule has 2 aromatic rings. The molecule has 4 N–H and O–H groups in total. The molecule has 23 heavy (non-hydrogen) atoms. The van der Waals surface area contributed by atoms with Crippen molar-refractivity contribution in [2.75, 3.05) is 0 Å². The minimum Gasteiger partial charge on any atom is -0.630 e. The van der Waals surface area contributed by atoms with E-state index < -0.39 is 5.91 Å². The number of allylic oxidation sites excluding steroid dienone is 1. The molecular weight excluding hydrogens is 318 g/mol. The van der Waals surface area contributed by atoms with Crippen LogP contribution in [0, 0.1) is 10.4 Å². The number of halogens is 1. The third-order valence-electron chi connectivity index (χ3n) is 3.17. The van der Waals surface area contributed by atoms with Crippen LogP contribution in [0.1, 0.15) is 15.9 Å². The zero-order valence-electron chi connectivity index (χ0n) is 12.0. The van der Waals surface area contributed by atoms with Crippen molar-refractivity contribution in [2.24, 2.45) is 5.73 Å². The van der Waals surface area contributed by atoms with E-state index in [1.54, 1.807) is 24.3 Å². The van der Waals surface area contributed by atoms with Crippen molar-refractivity contribution in [1.82, 2.24) is 0 Å². The predicted octanol–water partition coefficient (Wildman–Crippen LogP) is 2.06. The van der Waals surface area contributed by atoms with Gasteiger partial charge in [0.1, 0.15) is 5.56 Å². The number of nitrogens with two attached hydrogens (primary N) is 2. The number of hydrogen-bond donors (Lipinski definition) is 2. The fourth-order valence-corrected chi connectivity index (χ4v) is 2.17. The van der Waals surface area contributed by atoms with E-state index in [0.29, 0.717) is 26.4 Å². The summed E-state index contributed by atoms with van der Waals surface area (Å²) >= 11 is 5.81. The molecular formula is C16H14ClN3O3. The maximum atomic E-state index is 12.4. The first-order chi connectivity index (χ1) is 10.9. The van der Waals surface area contributed by atoms with Crippen LogP contribution in [0.3, 0.4) is 0 Å². The number of carbonyl (C=O) groups is 1. The first-order valence-corrected chi connectivity index (χ1v) is 6.96. The molecule has 0 bridgehead atoms. The van der Waals surface area contributed by atoms with Crippen molar-refractivity contribution in [3.8, 4) is 0 Å². The number of carbonyl (C=O) groups excluding carboxylic acids is 1. The lowest BCUT2D eigenvalue weighted by molar-refractivity contribution is -0.505. The number of primary amides is 1. The van der Waals surface area contributed by atoms with Gasteiger partial charge in [-0.05, 0) is 23.8 Å². The highest BCUT2D eigenvalue weighted by atomic mass is 35.5. The van der Waals surface area contributed by atoms with E-state index >= 15 is 0 Å². The Morgan fingerprint density at radius 3 is 2.48 bits per heavy atom. The molecule has 0 saturated heterocycles. The SMILES string of the molecule is C=C(/C=[N+](/[O-])c1c([NH2+][O-])cccc1C(N)=O)c1ccc(Cl)cc1. The Labute approximate surface area is 137 Å². The Balaban J connectivity index is 2.47. The molecule has 0 atom stereocenters. The van der Waals surface area contributed by atoms with Crippen molar-refractivity contribution < 1.29 is 15.0 Å². The molecule has 2 aromatic carbocycles. The molecule has 0 saturated carbocycles. The number of quaternary nitrogens is 1. The van der Waals surface area contributed by atoms with Crippen LogP contribution in [-0.4, -0.2) is 16.9 Å². The largest absolute Gasteiger partial charge is 0.630 e. The van der Waals surface area contributed by atoms with Gasteiger partial charge in [-0.2, -0.15) is 4.74 Å². The van der Waals surface area contributed by atoms with Gasteiger partial charge >= 0.3 is 0 Å². The number of hydrogen-bond acceptors (Lipinski definition) is 3. The average molecular weight is 332 g/mol. The minimum absolute atomic E-state index is 0.0373. The van der Waals surface area contributed by atoms with Crippen LogP contribution in [0.2, 0.25) is 5.02 Å². The van der Waals surface area contributed by atoms with E-state index in [1.807, 2.05) is 0 Å². The van der Waals surface area contributed by atoms with Crippen LogP contribution in [0.25, 0.3) is 5.57 Å². The van der Waals surface area contributed by atoms with Gasteiger partial charge in [0.2, 0.25) is 5.69 Å². The first-order valence-electron chi connectivity index (χ1n) is 6.58. The summed E-state index contributed by atoms with van der Waals surface area (Å²) in [5, 5.41) is 24.1. The van der Waals surface area contributed by atoms with E-state index in [-0.39, 0.29) is 16.9 Å². The third-order valence-corrected chi connectivity index (χ3v) is 3.42. The fraction of sp³-hybridized carbons (Fsp3) is 0. The van der Waals surface area contributed by atoms with Crippen LogP contribution in [0.4, 0.5) is 11.4 Å². The van der Waals surface area contributed by atoms with Crippen LogP contribution in [0.15, 0.2) is 49.0 Å². The first kappa shape index (κ1) is 16.7. The van der Waals surface area contributed by atoms with E-state index in [1.165, 1.54) is 24.4 Å². The number of rotatable bonds is 5. The molecule has 0 fully saturated rings. The van der Waals surface area contributed by atoms with Gasteiger partial charge < -0.3 is 21.6 Å². The molecule has 0 aromatic heterocycles. The normalized spacial score (nSPS) is 11.3. The average Bonchev–Trinajstić information content (AvgIpc) is 2.54. The van der Waals surface area contributed by atoms with Crippen molar-refractivity contribution in [2.45, 2.75) is 0 Å². The second-order valence-corrected chi connectivity index (χ2v) is 5.15. The topological polar surface area (TPSA) is 109 Å². The number of para-hydroxylation sites is 1. The summed E-state index contributed by atoms with van der Waals surface area (Å²) in [4.78, 5) is 11.5. The summed E-state index contributed by atoms with van der Waals surface area (Å²) in [7, 11) is 0. The van der Waals surface area contributed by atoms with Crippen molar-refractivity contribution in [3.05, 3.63) is 75.6 Å². The summed E-state index contributed by atoms with van der Waals surface area (Å²) in [5.74, 6) is -0.796. The molecule has 0 aliphatic heterocycles. The predicted molar refractivity (Wildman–Crippen MR) is 89.7 cm³/mol. The molecule has 7 heteroatoms. The van der Waals surface area contributed by atoms with Gasteiger partial charge in [0, 0.05) is 16.7 Å². The van der Waals surface area contributed by atoms with E-state index in [4.69, 9.17) is 17.3 Å². The van der Waals surface area contributed by atoms with Gasteiger partial charge in [-0.15, -0.1) is 0 Å². The summed E-state index contributed by atoms with van der Waals surface area (Å²) in [5.41, 5.74) is 6.75. The lowest BCUT2D eigenvalue weighted by Gasteiger charge is -2.11. The number of benzene rings is 2. The molecule has 0 heterocycles. The Kier molecular flexibility index (Phi) is 5.13. The lowest BCUT2D eigenvalue weighted by atomic mass is 10.1. The third kappa shape index (κ3) is 3.75. The molecule has 0 unspecified atom stereocenters. The van der Waals surface area contributed by atoms with Gasteiger partial charge in [-0.25, -0.2) is 0 Å². The molecule has 0 aliphatic carbocycles. The van der Waals surface area contributed by atoms with E-state index in [9.17, 15) is 15.2 Å². The Morgan fingerprint density at radius 2 is 1.91 bits per heavy atom. The molecule has 0 spiro atoms. The Bertz CT molecular complexity index is 786. The maximum absolute atomic E-state index is 12.4. The monoisotopic (exact) mass is 331 g/mol. The summed E-state index contributed by atoms with van der Waals surface area (Å²) in [6.07, 6.45) is 1.18. The van der Waals surface area contributed by atoms with Gasteiger partial charge in [0.15, 0.2) is 6.21 Å². The van der Waals surface area contributed by atoms with Crippen molar-refractivity contribution >= 4 is 40.7 Å². The van der Waals surface area contributed by atoms with Gasteiger partial charge in [-0.1, -0.05) is 36.4 Å². The van der Waals surface area contributed by atoms with Crippen LogP contribution in [0.5, 0.6) is 0 Å². The van der Waals surface area contributed by atoms with Crippen LogP contribution < -0.4 is 11.2 Å². The van der Waals surface area contributed by atoms with Crippen LogP contribution >= 0.6 is 11.6 Å². The molecule has 6 nitrogen and oxygen atoms in total. The number of nitrogens with zero attached hydrogens (tertiary/aromatic N) is 1. The maximum Gasteiger partial charge on any atom is 0.290 e. The van der Waals surface area contributed by atoms with E-state index in [2.05, 4.69) is 6.58 Å². The Hall–Kier alpha value is -2.67. The zero-order chi connectivity index (χ0) is 17.0. The quantitative estimate of drug-likeness (QED) is 0.288. The van der Waals surface area contributed by atoms with Gasteiger partial charge in [0.05, 0.1) is 0 Å². The van der Waals surface area contributed by atoms with Gasteiger partial charge in [-0.3, -0.25) is 4.79 Å². The van der Waals surface area contributed by atoms with Gasteiger partial charge in [0.25, 0.3) is 11.6 Å². The summed E-state index contributed by atoms with van der Waals surface area (Å²) in [6.45, 7) is 3.81. The summed E-state index contributed by atoms with van der Waals surface area (Å²) < 4.78 is 0.417. The fourth-order valence-electron chi connectivity index (χ4n) is 2.05. The highest BCUT2D eigenvalue weighted by Crippen LogP contribution is 2.25. The summed E-state index contributed by atoms with van der Waals surface area (Å²) in [6, 6.07) is 11.0. The number of amides is 1. The lowest BCUT2D eigenvalue weighted by Crippen LogP contribution is -2.70. The standard InChI is InChI=1S/C16H14ClN3O3/c1-10(11-5-7-12(17)8-6-11)9-20(23)15-13(16(18)21)3-2-4-14(15)19-22/h2-9H,1,19H2,(H2,18,21)/b20-9+. The molecule has 2 rings (SSSR count). The highest BCUT2D eigenvalue weighted by molar-refractivity contribution is 6.30. The van der Waals surface area contributed by atoms with Crippen molar-refractivity contribution in [3.63, 3.8) is 0 Å². The zero-order valence-corrected chi connectivity index (χ0v) is 12.8.